The highest BCUT2D eigenvalue weighted by Crippen LogP contribution is 2.43. The number of hydrogen-bond donors (Lipinski definition) is 4. The van der Waals surface area contributed by atoms with Crippen LogP contribution in [-0.2, 0) is 33.4 Å². The van der Waals surface area contributed by atoms with Crippen molar-refractivity contribution < 1.29 is 33.4 Å². The molecule has 8 fully saturated rings. The minimum atomic E-state index is 0.0150. The van der Waals surface area contributed by atoms with Crippen LogP contribution < -0.4 is 21.3 Å². The first-order valence-corrected chi connectivity index (χ1v) is 31.5. The van der Waals surface area contributed by atoms with E-state index in [1.165, 1.54) is 89.9 Å². The van der Waals surface area contributed by atoms with Crippen LogP contribution in [0.3, 0.4) is 0 Å². The third kappa shape index (κ3) is 17.2. The molecule has 6 unspecified atom stereocenters. The van der Waals surface area contributed by atoms with Crippen LogP contribution in [0, 0.1) is 47.3 Å². The summed E-state index contributed by atoms with van der Waals surface area (Å²) in [6.07, 6.45) is 41.3. The molecule has 0 radical (unpaired) electrons. The predicted octanol–water partition coefficient (Wildman–Crippen LogP) is 12.0. The molecule has 8 saturated carbocycles. The molecule has 0 aromatic heterocycles. The van der Waals surface area contributed by atoms with Crippen molar-refractivity contribution in [3.8, 4) is 0 Å². The van der Waals surface area contributed by atoms with Crippen LogP contribution in [0.2, 0.25) is 0 Å². The number of Topliss-reactive ketones (excluding diaryl/α,β-unsaturated/α-hetero) is 1. The minimum Gasteiger partial charge on any atom is -0.375 e. The number of nitrogens with one attached hydrogen (secondary N) is 4. The van der Waals surface area contributed by atoms with Gasteiger partial charge < -0.3 is 35.5 Å². The Morgan fingerprint density at radius 1 is 0.425 bits per heavy atom. The Labute approximate surface area is 443 Å². The van der Waals surface area contributed by atoms with Gasteiger partial charge in [0, 0.05) is 47.8 Å². The van der Waals surface area contributed by atoms with Crippen LogP contribution in [-0.4, -0.2) is 91.3 Å². The first-order valence-electron chi connectivity index (χ1n) is 31.5. The van der Waals surface area contributed by atoms with E-state index in [0.29, 0.717) is 17.8 Å². The third-order valence-corrected chi connectivity index (χ3v) is 20.9. The summed E-state index contributed by atoms with van der Waals surface area (Å²) in [7, 11) is 2.07. The van der Waals surface area contributed by atoms with Gasteiger partial charge in [0.1, 0.15) is 5.78 Å². The molecule has 0 saturated heterocycles. The van der Waals surface area contributed by atoms with Crippen molar-refractivity contribution in [3.05, 3.63) is 0 Å². The number of rotatable bonds is 21. The largest absolute Gasteiger partial charge is 0.375 e. The summed E-state index contributed by atoms with van der Waals surface area (Å²) in [5, 5.41) is 13.9. The van der Waals surface area contributed by atoms with Crippen LogP contribution in [0.15, 0.2) is 0 Å². The third-order valence-electron chi connectivity index (χ3n) is 20.9. The zero-order valence-electron chi connectivity index (χ0n) is 46.7. The fourth-order valence-corrected chi connectivity index (χ4v) is 15.8. The van der Waals surface area contributed by atoms with E-state index in [2.05, 4.69) is 42.2 Å². The standard InChI is InChI=1S/C62H106N4O7/c1-5-6-7-8-9-10-43-12-14-45(15-13-43)46-18-30-56(31-19-46)73-59-38-27-51(40-58(59)63-4)65-61(69)48-22-34-54(35-23-48)72-55-36-24-49(25-37-55)62(70)66-57-39-50(26-11-41(57)2)64-60(68)47-20-32-53(33-21-47)71-52-28-16-44(17-29-52)42(3)67/h41,43-59,63H,5-40H2,1-4H3,(H,64,68)(H,65,69)(H,66,70). The average Bonchev–Trinajstić information content (AvgIpc) is 3.41. The van der Waals surface area contributed by atoms with Crippen molar-refractivity contribution in [1.82, 2.24) is 21.3 Å². The van der Waals surface area contributed by atoms with E-state index in [4.69, 9.17) is 14.2 Å². The van der Waals surface area contributed by atoms with Crippen LogP contribution in [0.1, 0.15) is 252 Å². The van der Waals surface area contributed by atoms with Gasteiger partial charge in [-0.2, -0.15) is 0 Å². The molecule has 4 N–H and O–H groups in total. The fourth-order valence-electron chi connectivity index (χ4n) is 15.8. The summed E-state index contributed by atoms with van der Waals surface area (Å²) in [6.45, 7) is 6.26. The summed E-state index contributed by atoms with van der Waals surface area (Å²) >= 11 is 0. The first kappa shape index (κ1) is 57.1. The highest BCUT2D eigenvalue weighted by molar-refractivity contribution is 5.80. The highest BCUT2D eigenvalue weighted by atomic mass is 16.5. The van der Waals surface area contributed by atoms with Crippen molar-refractivity contribution in [2.45, 2.75) is 313 Å². The SMILES string of the molecule is CCCCCCCC1CCC(C2CCC(OC3CCC(NC(=O)C4CCC(OC5CCC(C(=O)NC6CC(NC(=O)C7CCC(OC8CCC(C(C)=O)CC8)CC7)CCC6C)CC5)CC4)CC3NC)CC2)CC1. The molecule has 8 aliphatic rings. The van der Waals surface area contributed by atoms with E-state index in [-0.39, 0.29) is 96.1 Å². The lowest BCUT2D eigenvalue weighted by Gasteiger charge is -2.41. The first-order chi connectivity index (χ1) is 35.5. The van der Waals surface area contributed by atoms with Crippen molar-refractivity contribution in [1.29, 1.82) is 0 Å². The quantitative estimate of drug-likeness (QED) is 0.0832. The summed E-state index contributed by atoms with van der Waals surface area (Å²) in [6, 6.07) is 0.665. The van der Waals surface area contributed by atoms with Crippen LogP contribution >= 0.6 is 0 Å². The Kier molecular flexibility index (Phi) is 22.7. The van der Waals surface area contributed by atoms with Gasteiger partial charge in [-0.3, -0.25) is 19.2 Å². The predicted molar refractivity (Wildman–Crippen MR) is 291 cm³/mol. The maximum absolute atomic E-state index is 13.7. The molecule has 73 heavy (non-hydrogen) atoms. The number of ether oxygens (including phenoxy) is 3. The number of ketones is 1. The number of unbranched alkanes of at least 4 members (excludes halogenated alkanes) is 4. The molecule has 3 amide bonds. The van der Waals surface area contributed by atoms with Crippen molar-refractivity contribution in [3.63, 3.8) is 0 Å². The molecule has 8 rings (SSSR count). The summed E-state index contributed by atoms with van der Waals surface area (Å²) in [4.78, 5) is 52.5. The molecular formula is C62H106N4O7. The van der Waals surface area contributed by atoms with Gasteiger partial charge in [-0.25, -0.2) is 0 Å². The van der Waals surface area contributed by atoms with Crippen LogP contribution in [0.4, 0.5) is 0 Å². The smallest absolute Gasteiger partial charge is 0.223 e. The minimum absolute atomic E-state index is 0.0150. The molecule has 0 aromatic carbocycles. The van der Waals surface area contributed by atoms with Gasteiger partial charge in [-0.1, -0.05) is 65.2 Å². The normalized spacial score (nSPS) is 39.7. The molecule has 0 aliphatic heterocycles. The average molecular weight is 1020 g/mol. The van der Waals surface area contributed by atoms with E-state index < -0.39 is 0 Å². The number of carbonyl (C=O) groups excluding carboxylic acids is 4. The topological polar surface area (TPSA) is 144 Å². The zero-order valence-corrected chi connectivity index (χ0v) is 46.7. The molecule has 11 heteroatoms. The number of hydrogen-bond acceptors (Lipinski definition) is 8. The van der Waals surface area contributed by atoms with Gasteiger partial charge in [0.2, 0.25) is 17.7 Å². The number of carbonyl (C=O) groups is 4. The maximum Gasteiger partial charge on any atom is 0.223 e. The Bertz CT molecular complexity index is 1670. The second kappa shape index (κ2) is 29.1. The lowest BCUT2D eigenvalue weighted by molar-refractivity contribution is -0.130. The molecule has 8 aliphatic carbocycles. The van der Waals surface area contributed by atoms with Crippen molar-refractivity contribution in [2.24, 2.45) is 47.3 Å². The van der Waals surface area contributed by atoms with Crippen LogP contribution in [0.25, 0.3) is 0 Å². The Morgan fingerprint density at radius 2 is 0.836 bits per heavy atom. The van der Waals surface area contributed by atoms with Gasteiger partial charge in [0.25, 0.3) is 0 Å². The van der Waals surface area contributed by atoms with Crippen molar-refractivity contribution >= 4 is 23.5 Å². The molecule has 6 atom stereocenters. The van der Waals surface area contributed by atoms with E-state index in [1.807, 2.05) is 0 Å². The van der Waals surface area contributed by atoms with Crippen LogP contribution in [0.5, 0.6) is 0 Å². The van der Waals surface area contributed by atoms with E-state index in [9.17, 15) is 19.2 Å². The second-order valence-corrected chi connectivity index (χ2v) is 26.0. The molecule has 0 aromatic rings. The molecule has 0 spiro atoms. The van der Waals surface area contributed by atoms with Gasteiger partial charge >= 0.3 is 0 Å². The molecular weight excluding hydrogens is 913 g/mol. The second-order valence-electron chi connectivity index (χ2n) is 26.0. The molecule has 11 nitrogen and oxygen atoms in total. The van der Waals surface area contributed by atoms with Gasteiger partial charge in [0.15, 0.2) is 0 Å². The Hall–Kier alpha value is -2.08. The zero-order chi connectivity index (χ0) is 51.1. The van der Waals surface area contributed by atoms with E-state index in [1.54, 1.807) is 6.92 Å². The van der Waals surface area contributed by atoms with Gasteiger partial charge in [0.05, 0.1) is 36.6 Å². The summed E-state index contributed by atoms with van der Waals surface area (Å²) in [5.41, 5.74) is 0. The van der Waals surface area contributed by atoms with Crippen molar-refractivity contribution in [2.75, 3.05) is 7.05 Å². The Morgan fingerprint density at radius 3 is 1.32 bits per heavy atom. The monoisotopic (exact) mass is 1020 g/mol. The maximum atomic E-state index is 13.7. The van der Waals surface area contributed by atoms with Gasteiger partial charge in [-0.15, -0.1) is 0 Å². The molecule has 0 heterocycles. The van der Waals surface area contributed by atoms with Gasteiger partial charge in [-0.05, 0) is 217 Å². The van der Waals surface area contributed by atoms with E-state index >= 15 is 0 Å². The number of amides is 3. The van der Waals surface area contributed by atoms with E-state index in [0.717, 1.165) is 159 Å². The summed E-state index contributed by atoms with van der Waals surface area (Å²) < 4.78 is 20.0. The highest BCUT2D eigenvalue weighted by Gasteiger charge is 2.39. The molecule has 0 bridgehead atoms. The fraction of sp³-hybridized carbons (Fsp3) is 0.935. The lowest BCUT2D eigenvalue weighted by Crippen LogP contribution is -2.52. The summed E-state index contributed by atoms with van der Waals surface area (Å²) in [5.74, 6) is 4.46. The molecule has 416 valence electrons. The number of likely N-dealkylation sites (N-methyl/N-ethyl adjacent to an activating group) is 1. The lowest BCUT2D eigenvalue weighted by atomic mass is 9.70. The Balaban J connectivity index is 0.655.